The first-order valence-electron chi connectivity index (χ1n) is 10.4. The van der Waals surface area contributed by atoms with Crippen molar-refractivity contribution >= 4 is 29.2 Å². The fourth-order valence-corrected chi connectivity index (χ4v) is 3.75. The Hall–Kier alpha value is -3.78. The highest BCUT2D eigenvalue weighted by molar-refractivity contribution is 7.98. The van der Waals surface area contributed by atoms with E-state index in [4.69, 9.17) is 10.5 Å². The molecule has 0 saturated heterocycles. The second kappa shape index (κ2) is 9.79. The van der Waals surface area contributed by atoms with Crippen molar-refractivity contribution in [1.82, 2.24) is 15.2 Å². The van der Waals surface area contributed by atoms with Crippen molar-refractivity contribution in [2.24, 2.45) is 0 Å². The van der Waals surface area contributed by atoms with Gasteiger partial charge in [-0.05, 0) is 74.2 Å². The molecule has 0 bridgehead atoms. The van der Waals surface area contributed by atoms with E-state index in [9.17, 15) is 4.79 Å². The summed E-state index contributed by atoms with van der Waals surface area (Å²) < 4.78 is 6.13. The number of nitrogen functional groups attached to an aromatic ring is 1. The number of carbonyl (C=O) groups is 1. The summed E-state index contributed by atoms with van der Waals surface area (Å²) in [6, 6.07) is 18.8. The Kier molecular flexibility index (Phi) is 6.65. The molecule has 0 aliphatic heterocycles. The Morgan fingerprint density at radius 3 is 2.64 bits per heavy atom. The molecule has 4 aromatic rings. The number of benzene rings is 2. The van der Waals surface area contributed by atoms with Gasteiger partial charge >= 0.3 is 0 Å². The monoisotopic (exact) mass is 459 g/mol. The normalized spacial score (nSPS) is 11.7. The maximum absolute atomic E-state index is 12.6. The summed E-state index contributed by atoms with van der Waals surface area (Å²) in [5.74, 6) is 0.625. The van der Waals surface area contributed by atoms with Crippen LogP contribution in [0, 0.1) is 6.92 Å². The standard InChI is InChI=1S/C25H25N5O2S/c1-15-11-22(30-29-15)19-13-23(24(26)27-14-19)32-16(2)18-5-4-6-20(12-18)28-25(31)17-7-9-21(33-3)10-8-17/h4-14,16H,1-3H3,(H2,26,27)(H,28,31)(H,29,30). The van der Waals surface area contributed by atoms with Gasteiger partial charge in [0.25, 0.3) is 5.91 Å². The number of nitrogens with two attached hydrogens (primary N) is 1. The third kappa shape index (κ3) is 5.35. The maximum atomic E-state index is 12.6. The van der Waals surface area contributed by atoms with Crippen LogP contribution >= 0.6 is 11.8 Å². The SMILES string of the molecule is CSc1ccc(C(=O)Nc2cccc(C(C)Oc3cc(-c4cc(C)n[nH]4)cnc3N)c2)cc1. The van der Waals surface area contributed by atoms with E-state index in [2.05, 4.69) is 20.5 Å². The first-order chi connectivity index (χ1) is 15.9. The van der Waals surface area contributed by atoms with E-state index in [0.717, 1.165) is 27.4 Å². The van der Waals surface area contributed by atoms with E-state index >= 15 is 0 Å². The molecule has 4 N–H and O–H groups in total. The van der Waals surface area contributed by atoms with Crippen molar-refractivity contribution in [3.63, 3.8) is 0 Å². The van der Waals surface area contributed by atoms with Gasteiger partial charge in [-0.25, -0.2) is 4.98 Å². The first kappa shape index (κ1) is 22.4. The van der Waals surface area contributed by atoms with Gasteiger partial charge in [-0.3, -0.25) is 9.89 Å². The fraction of sp³-hybridized carbons (Fsp3) is 0.160. The predicted octanol–water partition coefficient (Wildman–Crippen LogP) is 5.48. The first-order valence-corrected chi connectivity index (χ1v) is 11.7. The number of rotatable bonds is 7. The minimum Gasteiger partial charge on any atom is -0.482 e. The lowest BCUT2D eigenvalue weighted by atomic mass is 10.1. The average molecular weight is 460 g/mol. The van der Waals surface area contributed by atoms with E-state index in [-0.39, 0.29) is 12.0 Å². The van der Waals surface area contributed by atoms with Crippen LogP contribution in [0.5, 0.6) is 5.75 Å². The number of carbonyl (C=O) groups excluding carboxylic acids is 1. The molecule has 0 radical (unpaired) electrons. The summed E-state index contributed by atoms with van der Waals surface area (Å²) in [4.78, 5) is 18.0. The number of anilines is 2. The number of aryl methyl sites for hydroxylation is 1. The van der Waals surface area contributed by atoms with E-state index in [1.54, 1.807) is 18.0 Å². The lowest BCUT2D eigenvalue weighted by Crippen LogP contribution is -2.12. The van der Waals surface area contributed by atoms with E-state index in [1.165, 1.54) is 0 Å². The zero-order chi connectivity index (χ0) is 23.4. The Balaban J connectivity index is 1.48. The fourth-order valence-electron chi connectivity index (χ4n) is 3.34. The van der Waals surface area contributed by atoms with Crippen LogP contribution < -0.4 is 15.8 Å². The van der Waals surface area contributed by atoms with Gasteiger partial charge in [0.05, 0.1) is 11.4 Å². The van der Waals surface area contributed by atoms with Gasteiger partial charge in [0.2, 0.25) is 0 Å². The molecule has 2 heterocycles. The Morgan fingerprint density at radius 2 is 1.94 bits per heavy atom. The van der Waals surface area contributed by atoms with Gasteiger partial charge in [0, 0.05) is 27.9 Å². The summed E-state index contributed by atoms with van der Waals surface area (Å²) in [5.41, 5.74) is 10.8. The van der Waals surface area contributed by atoms with Crippen molar-refractivity contribution in [2.75, 3.05) is 17.3 Å². The Bertz CT molecular complexity index is 1270. The molecule has 33 heavy (non-hydrogen) atoms. The molecule has 8 heteroatoms. The molecule has 1 amide bonds. The number of aromatic amines is 1. The van der Waals surface area contributed by atoms with E-state index < -0.39 is 0 Å². The predicted molar refractivity (Wildman–Crippen MR) is 133 cm³/mol. The highest BCUT2D eigenvalue weighted by Gasteiger charge is 2.14. The van der Waals surface area contributed by atoms with E-state index in [1.807, 2.05) is 80.8 Å². The van der Waals surface area contributed by atoms with Crippen LogP contribution in [0.3, 0.4) is 0 Å². The minimum atomic E-state index is -0.314. The van der Waals surface area contributed by atoms with Crippen LogP contribution in [0.1, 0.15) is 34.6 Å². The second-order valence-electron chi connectivity index (χ2n) is 7.60. The maximum Gasteiger partial charge on any atom is 0.255 e. The zero-order valence-corrected chi connectivity index (χ0v) is 19.4. The van der Waals surface area contributed by atoms with E-state index in [0.29, 0.717) is 22.8 Å². The summed E-state index contributed by atoms with van der Waals surface area (Å²) in [6.07, 6.45) is 3.37. The van der Waals surface area contributed by atoms with Crippen LogP contribution in [0.4, 0.5) is 11.5 Å². The number of amides is 1. The Labute approximate surface area is 196 Å². The number of aromatic nitrogens is 3. The number of hydrogen-bond donors (Lipinski definition) is 3. The van der Waals surface area contributed by atoms with Gasteiger partial charge in [-0.1, -0.05) is 12.1 Å². The molecule has 168 valence electrons. The zero-order valence-electron chi connectivity index (χ0n) is 18.6. The highest BCUT2D eigenvalue weighted by atomic mass is 32.2. The molecule has 0 aliphatic carbocycles. The van der Waals surface area contributed by atoms with Crippen LogP contribution in [-0.2, 0) is 0 Å². The molecule has 0 spiro atoms. The lowest BCUT2D eigenvalue weighted by molar-refractivity contribution is 0.102. The summed E-state index contributed by atoms with van der Waals surface area (Å²) in [7, 11) is 0. The molecule has 2 aromatic heterocycles. The lowest BCUT2D eigenvalue weighted by Gasteiger charge is -2.17. The third-order valence-electron chi connectivity index (χ3n) is 5.17. The largest absolute Gasteiger partial charge is 0.482 e. The Morgan fingerprint density at radius 1 is 1.15 bits per heavy atom. The number of ether oxygens (including phenoxy) is 1. The van der Waals surface area contributed by atoms with Crippen LogP contribution in [-0.4, -0.2) is 27.3 Å². The minimum absolute atomic E-state index is 0.163. The molecule has 0 aliphatic rings. The second-order valence-corrected chi connectivity index (χ2v) is 8.48. The molecule has 0 fully saturated rings. The van der Waals surface area contributed by atoms with Crippen LogP contribution in [0.15, 0.2) is 71.8 Å². The van der Waals surface area contributed by atoms with Crippen LogP contribution in [0.2, 0.25) is 0 Å². The quantitative estimate of drug-likeness (QED) is 0.316. The summed E-state index contributed by atoms with van der Waals surface area (Å²) >= 11 is 1.64. The molecular weight excluding hydrogens is 434 g/mol. The molecule has 1 atom stereocenters. The van der Waals surface area contributed by atoms with Crippen molar-refractivity contribution in [3.8, 4) is 17.0 Å². The highest BCUT2D eigenvalue weighted by Crippen LogP contribution is 2.31. The number of nitrogens with one attached hydrogen (secondary N) is 2. The summed E-state index contributed by atoms with van der Waals surface area (Å²) in [6.45, 7) is 3.84. The van der Waals surface area contributed by atoms with Gasteiger partial charge in [-0.15, -0.1) is 11.8 Å². The van der Waals surface area contributed by atoms with Crippen molar-refractivity contribution in [2.45, 2.75) is 24.8 Å². The molecule has 0 saturated carbocycles. The van der Waals surface area contributed by atoms with Gasteiger partial charge in [0.1, 0.15) is 6.10 Å². The molecule has 4 rings (SSSR count). The molecule has 7 nitrogen and oxygen atoms in total. The molecule has 1 unspecified atom stereocenters. The van der Waals surface area contributed by atoms with Gasteiger partial charge in [-0.2, -0.15) is 5.10 Å². The summed E-state index contributed by atoms with van der Waals surface area (Å²) in [5, 5.41) is 10.1. The molecular formula is C25H25N5O2S. The number of hydrogen-bond acceptors (Lipinski definition) is 6. The van der Waals surface area contributed by atoms with Gasteiger partial charge < -0.3 is 15.8 Å². The number of pyridine rings is 1. The number of thioether (sulfide) groups is 1. The topological polar surface area (TPSA) is 106 Å². The van der Waals surface area contributed by atoms with Crippen molar-refractivity contribution in [1.29, 1.82) is 0 Å². The van der Waals surface area contributed by atoms with Crippen molar-refractivity contribution < 1.29 is 9.53 Å². The smallest absolute Gasteiger partial charge is 0.255 e. The van der Waals surface area contributed by atoms with Crippen molar-refractivity contribution in [3.05, 3.63) is 83.7 Å². The number of nitrogens with zero attached hydrogens (tertiary/aromatic N) is 2. The van der Waals surface area contributed by atoms with Crippen LogP contribution in [0.25, 0.3) is 11.3 Å². The van der Waals surface area contributed by atoms with Gasteiger partial charge in [0.15, 0.2) is 11.6 Å². The number of H-pyrrole nitrogens is 1. The molecule has 2 aromatic carbocycles. The third-order valence-corrected chi connectivity index (χ3v) is 5.91. The average Bonchev–Trinajstić information content (AvgIpc) is 3.27.